The van der Waals surface area contributed by atoms with Gasteiger partial charge in [0.15, 0.2) is 15.9 Å². The van der Waals surface area contributed by atoms with Gasteiger partial charge >= 0.3 is 0 Å². The predicted octanol–water partition coefficient (Wildman–Crippen LogP) is 1.88. The van der Waals surface area contributed by atoms with E-state index >= 15 is 0 Å². The summed E-state index contributed by atoms with van der Waals surface area (Å²) in [4.78, 5) is 13.0. The van der Waals surface area contributed by atoms with E-state index in [4.69, 9.17) is 4.74 Å². The second kappa shape index (κ2) is 8.27. The molecule has 0 aromatic heterocycles. The Morgan fingerprint density at radius 2 is 1.77 bits per heavy atom. The number of anilines is 1. The summed E-state index contributed by atoms with van der Waals surface area (Å²) in [5, 5.41) is 2.81. The maximum atomic E-state index is 12.8. The highest BCUT2D eigenvalue weighted by Crippen LogP contribution is 2.35. The number of sulfonamides is 1. The zero-order valence-corrected chi connectivity index (χ0v) is 18.5. The number of para-hydroxylation sites is 2. The van der Waals surface area contributed by atoms with Crippen molar-refractivity contribution in [3.63, 3.8) is 0 Å². The van der Waals surface area contributed by atoms with Crippen LogP contribution in [0.4, 0.5) is 5.69 Å². The number of hydrogen-bond acceptors (Lipinski definition) is 6. The monoisotopic (exact) mass is 452 g/mol. The number of benzene rings is 2. The number of ether oxygens (including phenoxy) is 1. The SMILES string of the molecule is CCS(=O)(=O)N1C[C@H](C(=O)N[C@@H](C)c2ccc(S(C)(=O)=O)cc2)Oc2ccccc21. The first-order chi connectivity index (χ1) is 14.0. The van der Waals surface area contributed by atoms with Crippen molar-refractivity contribution in [2.24, 2.45) is 0 Å². The minimum Gasteiger partial charge on any atom is -0.476 e. The summed E-state index contributed by atoms with van der Waals surface area (Å²) >= 11 is 0. The number of nitrogens with one attached hydrogen (secondary N) is 1. The van der Waals surface area contributed by atoms with Gasteiger partial charge in [-0.3, -0.25) is 9.10 Å². The van der Waals surface area contributed by atoms with Gasteiger partial charge in [-0.1, -0.05) is 24.3 Å². The van der Waals surface area contributed by atoms with Crippen LogP contribution in [0.5, 0.6) is 5.75 Å². The van der Waals surface area contributed by atoms with Crippen molar-refractivity contribution in [1.29, 1.82) is 0 Å². The highest BCUT2D eigenvalue weighted by Gasteiger charge is 2.36. The van der Waals surface area contributed by atoms with Crippen LogP contribution >= 0.6 is 0 Å². The van der Waals surface area contributed by atoms with E-state index in [1.165, 1.54) is 16.4 Å². The molecule has 0 bridgehead atoms. The molecule has 0 spiro atoms. The molecular formula is C20H24N2O6S2. The van der Waals surface area contributed by atoms with Crippen molar-refractivity contribution in [1.82, 2.24) is 5.32 Å². The van der Waals surface area contributed by atoms with Crippen molar-refractivity contribution in [2.75, 3.05) is 22.9 Å². The molecule has 0 unspecified atom stereocenters. The molecule has 3 rings (SSSR count). The van der Waals surface area contributed by atoms with Gasteiger partial charge in [-0.15, -0.1) is 0 Å². The second-order valence-electron chi connectivity index (χ2n) is 7.08. The van der Waals surface area contributed by atoms with Crippen LogP contribution in [0.3, 0.4) is 0 Å². The highest BCUT2D eigenvalue weighted by molar-refractivity contribution is 7.92. The standard InChI is InChI=1S/C20H24N2O6S2/c1-4-30(26,27)22-13-19(28-18-8-6-5-7-17(18)22)20(23)21-14(2)15-9-11-16(12-10-15)29(3,24)25/h5-12,14,19H,4,13H2,1-3H3,(H,21,23)/t14-,19+/m0/s1. The van der Waals surface area contributed by atoms with Gasteiger partial charge < -0.3 is 10.1 Å². The number of nitrogens with zero attached hydrogens (tertiary/aromatic N) is 1. The predicted molar refractivity (Wildman–Crippen MR) is 114 cm³/mol. The van der Waals surface area contributed by atoms with Crippen molar-refractivity contribution in [3.8, 4) is 5.75 Å². The van der Waals surface area contributed by atoms with Crippen molar-refractivity contribution < 1.29 is 26.4 Å². The number of carbonyl (C=O) groups is 1. The summed E-state index contributed by atoms with van der Waals surface area (Å²) in [5.74, 6) is -0.231. The Morgan fingerprint density at radius 3 is 2.37 bits per heavy atom. The summed E-state index contributed by atoms with van der Waals surface area (Å²) in [6.45, 7) is 3.17. The van der Waals surface area contributed by atoms with Gasteiger partial charge in [0.25, 0.3) is 5.91 Å². The molecule has 0 radical (unpaired) electrons. The maximum absolute atomic E-state index is 12.8. The highest BCUT2D eigenvalue weighted by atomic mass is 32.2. The molecule has 2 aromatic rings. The van der Waals surface area contributed by atoms with E-state index in [-0.39, 0.29) is 17.2 Å². The number of sulfone groups is 1. The molecule has 1 amide bonds. The first-order valence-electron chi connectivity index (χ1n) is 9.39. The van der Waals surface area contributed by atoms with E-state index in [0.717, 1.165) is 6.26 Å². The van der Waals surface area contributed by atoms with E-state index in [2.05, 4.69) is 5.32 Å². The third-order valence-electron chi connectivity index (χ3n) is 4.89. The first kappa shape index (κ1) is 22.1. The van der Waals surface area contributed by atoms with Crippen molar-refractivity contribution in [3.05, 3.63) is 54.1 Å². The van der Waals surface area contributed by atoms with Gasteiger partial charge in [0.1, 0.15) is 5.75 Å². The second-order valence-corrected chi connectivity index (χ2v) is 11.3. The third-order valence-corrected chi connectivity index (χ3v) is 7.77. The lowest BCUT2D eigenvalue weighted by molar-refractivity contribution is -0.128. The fourth-order valence-electron chi connectivity index (χ4n) is 3.15. The quantitative estimate of drug-likeness (QED) is 0.717. The molecule has 30 heavy (non-hydrogen) atoms. The molecule has 1 N–H and O–H groups in total. The zero-order valence-electron chi connectivity index (χ0n) is 16.9. The maximum Gasteiger partial charge on any atom is 0.263 e. The van der Waals surface area contributed by atoms with E-state index in [1.807, 2.05) is 0 Å². The number of fused-ring (bicyclic) bond motifs is 1. The van der Waals surface area contributed by atoms with E-state index in [0.29, 0.717) is 17.0 Å². The smallest absolute Gasteiger partial charge is 0.263 e. The minimum absolute atomic E-state index is 0.0985. The summed E-state index contributed by atoms with van der Waals surface area (Å²) in [6, 6.07) is 12.5. The molecule has 2 aromatic carbocycles. The Balaban J connectivity index is 1.78. The van der Waals surface area contributed by atoms with Crippen LogP contribution in [-0.2, 0) is 24.7 Å². The van der Waals surface area contributed by atoms with Gasteiger partial charge in [0.2, 0.25) is 10.0 Å². The van der Waals surface area contributed by atoms with Crippen LogP contribution in [-0.4, -0.2) is 47.4 Å². The average molecular weight is 453 g/mol. The molecule has 0 fully saturated rings. The fourth-order valence-corrected chi connectivity index (χ4v) is 4.91. The van der Waals surface area contributed by atoms with Crippen LogP contribution in [0.1, 0.15) is 25.5 Å². The Labute approximate surface area is 176 Å². The fraction of sp³-hybridized carbons (Fsp3) is 0.350. The molecule has 0 aliphatic carbocycles. The van der Waals surface area contributed by atoms with Crippen LogP contribution in [0.25, 0.3) is 0 Å². The van der Waals surface area contributed by atoms with Gasteiger partial charge in [-0.05, 0) is 43.7 Å². The van der Waals surface area contributed by atoms with E-state index in [1.54, 1.807) is 50.2 Å². The lowest BCUT2D eigenvalue weighted by Gasteiger charge is -2.35. The topological polar surface area (TPSA) is 110 Å². The van der Waals surface area contributed by atoms with Gasteiger partial charge in [0, 0.05) is 6.26 Å². The summed E-state index contributed by atoms with van der Waals surface area (Å²) in [6.07, 6.45) is 0.112. The number of amides is 1. The van der Waals surface area contributed by atoms with Crippen LogP contribution in [0.2, 0.25) is 0 Å². The van der Waals surface area contributed by atoms with Crippen LogP contribution < -0.4 is 14.4 Å². The average Bonchev–Trinajstić information content (AvgIpc) is 2.72. The Kier molecular flexibility index (Phi) is 6.09. The Morgan fingerprint density at radius 1 is 1.13 bits per heavy atom. The summed E-state index contributed by atoms with van der Waals surface area (Å²) in [5.41, 5.74) is 1.12. The molecule has 162 valence electrons. The first-order valence-corrected chi connectivity index (χ1v) is 12.9. The van der Waals surface area contributed by atoms with Gasteiger partial charge in [-0.2, -0.15) is 0 Å². The third kappa shape index (κ3) is 4.59. The summed E-state index contributed by atoms with van der Waals surface area (Å²) in [7, 11) is -6.89. The van der Waals surface area contributed by atoms with E-state index < -0.39 is 37.9 Å². The largest absolute Gasteiger partial charge is 0.476 e. The molecule has 1 aliphatic heterocycles. The Bertz CT molecular complexity index is 1140. The van der Waals surface area contributed by atoms with E-state index in [9.17, 15) is 21.6 Å². The number of carbonyl (C=O) groups excluding carboxylic acids is 1. The molecule has 10 heteroatoms. The van der Waals surface area contributed by atoms with Crippen LogP contribution in [0, 0.1) is 0 Å². The number of rotatable bonds is 6. The molecule has 0 saturated heterocycles. The van der Waals surface area contributed by atoms with Crippen molar-refractivity contribution in [2.45, 2.75) is 30.9 Å². The van der Waals surface area contributed by atoms with Gasteiger partial charge in [-0.25, -0.2) is 16.8 Å². The normalized spacial score (nSPS) is 17.6. The minimum atomic E-state index is -3.58. The summed E-state index contributed by atoms with van der Waals surface area (Å²) < 4.78 is 55.2. The lowest BCUT2D eigenvalue weighted by atomic mass is 10.1. The zero-order chi connectivity index (χ0) is 22.1. The van der Waals surface area contributed by atoms with Crippen molar-refractivity contribution >= 4 is 31.5 Å². The Hall–Kier alpha value is -2.59. The lowest BCUT2D eigenvalue weighted by Crippen LogP contribution is -2.51. The van der Waals surface area contributed by atoms with Gasteiger partial charge in [0.05, 0.1) is 28.9 Å². The van der Waals surface area contributed by atoms with Crippen LogP contribution in [0.15, 0.2) is 53.4 Å². The number of hydrogen-bond donors (Lipinski definition) is 1. The molecule has 0 saturated carbocycles. The molecule has 8 nitrogen and oxygen atoms in total. The molecule has 1 heterocycles. The molecule has 1 aliphatic rings. The molecule has 2 atom stereocenters. The molecular weight excluding hydrogens is 428 g/mol.